The Labute approximate surface area is 187 Å². The summed E-state index contributed by atoms with van der Waals surface area (Å²) < 4.78 is 77.0. The van der Waals surface area contributed by atoms with Gasteiger partial charge in [0, 0.05) is 23.6 Å². The van der Waals surface area contributed by atoms with Gasteiger partial charge in [-0.1, -0.05) is 0 Å². The minimum atomic E-state index is -4.57. The second-order valence-corrected chi connectivity index (χ2v) is 8.31. The van der Waals surface area contributed by atoms with E-state index in [1.54, 1.807) is 12.1 Å². The summed E-state index contributed by atoms with van der Waals surface area (Å²) in [6.07, 6.45) is -3.27. The lowest BCUT2D eigenvalue weighted by Crippen LogP contribution is -2.20. The number of aromatic nitrogens is 2. The van der Waals surface area contributed by atoms with Gasteiger partial charge >= 0.3 is 6.18 Å². The number of benzene rings is 2. The molecule has 3 aromatic rings. The van der Waals surface area contributed by atoms with Crippen molar-refractivity contribution in [2.75, 3.05) is 25.6 Å². The fourth-order valence-electron chi connectivity index (χ4n) is 2.98. The molecule has 2 aromatic carbocycles. The van der Waals surface area contributed by atoms with Crippen LogP contribution in [0.15, 0.2) is 41.6 Å². The first kappa shape index (κ1) is 24.3. The number of rotatable bonds is 9. The van der Waals surface area contributed by atoms with Gasteiger partial charge in [-0.2, -0.15) is 13.2 Å². The molecule has 0 unspecified atom stereocenters. The molecule has 0 fully saturated rings. The van der Waals surface area contributed by atoms with Crippen LogP contribution in [0.3, 0.4) is 0 Å². The number of nitrogens with zero attached hydrogens (tertiary/aromatic N) is 2. The van der Waals surface area contributed by atoms with Crippen molar-refractivity contribution in [1.29, 1.82) is 0 Å². The standard InChI is InChI=1S/C20H21F3N4O5S/c1-3-31-18-8-15-14(7-17(18)30-2)19(27-11-26-15)25-9-12-6-13(33(24,28)29)4-5-16(12)32-10-20(21,22)23/h4-8,11H,3,9-10H2,1-2H3,(H2,24,28,29)(H,25,26,27). The molecule has 9 nitrogen and oxygen atoms in total. The third-order valence-electron chi connectivity index (χ3n) is 4.42. The number of methoxy groups -OCH3 is 1. The van der Waals surface area contributed by atoms with Crippen molar-refractivity contribution in [3.05, 3.63) is 42.2 Å². The van der Waals surface area contributed by atoms with Gasteiger partial charge in [0.1, 0.15) is 17.9 Å². The smallest absolute Gasteiger partial charge is 0.422 e. The highest BCUT2D eigenvalue weighted by Gasteiger charge is 2.29. The summed E-state index contributed by atoms with van der Waals surface area (Å²) >= 11 is 0. The molecule has 13 heteroatoms. The van der Waals surface area contributed by atoms with Crippen LogP contribution < -0.4 is 24.7 Å². The molecule has 0 amide bonds. The number of primary sulfonamides is 1. The van der Waals surface area contributed by atoms with Crippen LogP contribution in [0.25, 0.3) is 10.9 Å². The molecule has 1 aromatic heterocycles. The van der Waals surface area contributed by atoms with E-state index in [1.165, 1.54) is 13.4 Å². The van der Waals surface area contributed by atoms with Gasteiger partial charge in [-0.25, -0.2) is 23.5 Å². The molecule has 3 N–H and O–H groups in total. The quantitative estimate of drug-likeness (QED) is 0.472. The van der Waals surface area contributed by atoms with Crippen molar-refractivity contribution in [2.24, 2.45) is 5.14 Å². The average Bonchev–Trinajstić information content (AvgIpc) is 2.75. The Balaban J connectivity index is 1.96. The molecule has 3 rings (SSSR count). The van der Waals surface area contributed by atoms with E-state index in [2.05, 4.69) is 15.3 Å². The van der Waals surface area contributed by atoms with Crippen molar-refractivity contribution in [1.82, 2.24) is 9.97 Å². The summed E-state index contributed by atoms with van der Waals surface area (Å²) in [7, 11) is -2.61. The monoisotopic (exact) mass is 486 g/mol. The van der Waals surface area contributed by atoms with E-state index in [0.717, 1.165) is 18.2 Å². The van der Waals surface area contributed by atoms with E-state index in [1.807, 2.05) is 6.92 Å². The minimum absolute atomic E-state index is 0.113. The zero-order valence-electron chi connectivity index (χ0n) is 17.6. The summed E-state index contributed by atoms with van der Waals surface area (Å²) in [6, 6.07) is 6.67. The maximum absolute atomic E-state index is 12.6. The van der Waals surface area contributed by atoms with E-state index in [4.69, 9.17) is 19.3 Å². The molecule has 0 spiro atoms. The minimum Gasteiger partial charge on any atom is -0.493 e. The second kappa shape index (κ2) is 9.67. The highest BCUT2D eigenvalue weighted by atomic mass is 32.2. The molecule has 33 heavy (non-hydrogen) atoms. The summed E-state index contributed by atoms with van der Waals surface area (Å²) in [6.45, 7) is 0.588. The number of halogens is 3. The maximum atomic E-state index is 12.6. The van der Waals surface area contributed by atoms with Crippen LogP contribution in [0.2, 0.25) is 0 Å². The molecule has 1 heterocycles. The Hall–Kier alpha value is -3.32. The van der Waals surface area contributed by atoms with E-state index in [-0.39, 0.29) is 22.8 Å². The Morgan fingerprint density at radius 2 is 1.82 bits per heavy atom. The predicted octanol–water partition coefficient (Wildman–Crippen LogP) is 3.24. The lowest BCUT2D eigenvalue weighted by molar-refractivity contribution is -0.153. The zero-order valence-corrected chi connectivity index (χ0v) is 18.5. The van der Waals surface area contributed by atoms with Crippen LogP contribution >= 0.6 is 0 Å². The van der Waals surface area contributed by atoms with Gasteiger partial charge in [0.25, 0.3) is 0 Å². The number of fused-ring (bicyclic) bond motifs is 1. The van der Waals surface area contributed by atoms with Gasteiger partial charge in [0.2, 0.25) is 10.0 Å². The largest absolute Gasteiger partial charge is 0.493 e. The summed E-state index contributed by atoms with van der Waals surface area (Å²) in [5.41, 5.74) is 0.666. The van der Waals surface area contributed by atoms with Crippen LogP contribution in [0.1, 0.15) is 12.5 Å². The number of alkyl halides is 3. The molecule has 0 radical (unpaired) electrons. The molecule has 0 aliphatic heterocycles. The lowest BCUT2D eigenvalue weighted by atomic mass is 10.1. The van der Waals surface area contributed by atoms with Crippen molar-refractivity contribution < 1.29 is 35.8 Å². The van der Waals surface area contributed by atoms with Crippen molar-refractivity contribution in [2.45, 2.75) is 24.5 Å². The summed E-state index contributed by atoms with van der Waals surface area (Å²) in [5.74, 6) is 1.11. The van der Waals surface area contributed by atoms with E-state index in [9.17, 15) is 21.6 Å². The fraction of sp³-hybridized carbons (Fsp3) is 0.300. The van der Waals surface area contributed by atoms with Crippen molar-refractivity contribution in [3.63, 3.8) is 0 Å². The number of ether oxygens (including phenoxy) is 3. The van der Waals surface area contributed by atoms with Gasteiger partial charge in [-0.05, 0) is 31.2 Å². The highest BCUT2D eigenvalue weighted by molar-refractivity contribution is 7.89. The number of nitrogens with two attached hydrogens (primary N) is 1. The Bertz CT molecular complexity index is 1250. The van der Waals surface area contributed by atoms with E-state index >= 15 is 0 Å². The molecular formula is C20H21F3N4O5S. The first-order valence-electron chi connectivity index (χ1n) is 9.56. The predicted molar refractivity (Wildman–Crippen MR) is 114 cm³/mol. The van der Waals surface area contributed by atoms with Gasteiger partial charge in [0.05, 0.1) is 24.1 Å². The Morgan fingerprint density at radius 1 is 1.06 bits per heavy atom. The maximum Gasteiger partial charge on any atom is 0.422 e. The number of hydrogen-bond donors (Lipinski definition) is 2. The number of hydrogen-bond acceptors (Lipinski definition) is 8. The summed E-state index contributed by atoms with van der Waals surface area (Å²) in [4.78, 5) is 8.11. The molecule has 0 aliphatic rings. The number of anilines is 1. The van der Waals surface area contributed by atoms with E-state index in [0.29, 0.717) is 34.8 Å². The van der Waals surface area contributed by atoms with Crippen LogP contribution in [-0.2, 0) is 16.6 Å². The van der Waals surface area contributed by atoms with Crippen LogP contribution in [0.4, 0.5) is 19.0 Å². The molecule has 0 bridgehead atoms. The SMILES string of the molecule is CCOc1cc2ncnc(NCc3cc(S(N)(=O)=O)ccc3OCC(F)(F)F)c2cc1OC. The molecular weight excluding hydrogens is 465 g/mol. The molecule has 0 saturated carbocycles. The third-order valence-corrected chi connectivity index (χ3v) is 5.33. The van der Waals surface area contributed by atoms with Gasteiger partial charge in [0.15, 0.2) is 18.1 Å². The van der Waals surface area contributed by atoms with Gasteiger partial charge < -0.3 is 19.5 Å². The molecule has 0 aliphatic carbocycles. The first-order valence-corrected chi connectivity index (χ1v) is 11.1. The van der Waals surface area contributed by atoms with E-state index < -0.39 is 22.8 Å². The van der Waals surface area contributed by atoms with Crippen molar-refractivity contribution in [3.8, 4) is 17.2 Å². The van der Waals surface area contributed by atoms with Crippen LogP contribution in [0.5, 0.6) is 17.2 Å². The summed E-state index contributed by atoms with van der Waals surface area (Å²) in [5, 5.41) is 8.69. The molecule has 0 saturated heterocycles. The highest BCUT2D eigenvalue weighted by Crippen LogP contribution is 2.34. The Kier molecular flexibility index (Phi) is 7.12. The van der Waals surface area contributed by atoms with Crippen LogP contribution in [0, 0.1) is 0 Å². The third kappa shape index (κ3) is 6.14. The van der Waals surface area contributed by atoms with Gasteiger partial charge in [-0.3, -0.25) is 0 Å². The molecule has 0 atom stereocenters. The van der Waals surface area contributed by atoms with Crippen LogP contribution in [-0.4, -0.2) is 44.9 Å². The van der Waals surface area contributed by atoms with Gasteiger partial charge in [-0.15, -0.1) is 0 Å². The normalized spacial score (nSPS) is 11.9. The zero-order chi connectivity index (χ0) is 24.2. The first-order chi connectivity index (χ1) is 15.5. The fourth-order valence-corrected chi connectivity index (χ4v) is 3.55. The number of nitrogens with one attached hydrogen (secondary N) is 1. The average molecular weight is 486 g/mol. The Morgan fingerprint density at radius 3 is 2.45 bits per heavy atom. The lowest BCUT2D eigenvalue weighted by Gasteiger charge is -2.16. The topological polar surface area (TPSA) is 126 Å². The molecule has 178 valence electrons. The number of sulfonamides is 1. The van der Waals surface area contributed by atoms with Crippen molar-refractivity contribution >= 4 is 26.7 Å². The second-order valence-electron chi connectivity index (χ2n) is 6.75.